The Morgan fingerprint density at radius 2 is 1.66 bits per heavy atom. The first-order valence-corrected chi connectivity index (χ1v) is 11.1. The average Bonchev–Trinajstić information content (AvgIpc) is 3.24. The number of carbonyl (C=O) groups is 2. The number of benzene rings is 1. The largest absolute Gasteiger partial charge is 0.290 e. The molecule has 170 valence electrons. The van der Waals surface area contributed by atoms with Gasteiger partial charge in [0.15, 0.2) is 5.69 Å². The van der Waals surface area contributed by atoms with Crippen LogP contribution in [0.25, 0.3) is 10.8 Å². The van der Waals surface area contributed by atoms with Crippen molar-refractivity contribution in [1.29, 1.82) is 0 Å². The maximum atomic E-state index is 12.9. The zero-order valence-electron chi connectivity index (χ0n) is 19.0. The van der Waals surface area contributed by atoms with Crippen molar-refractivity contribution in [2.75, 3.05) is 0 Å². The van der Waals surface area contributed by atoms with E-state index in [1.807, 2.05) is 20.8 Å². The Balaban J connectivity index is 1.85. The number of rotatable bonds is 8. The summed E-state index contributed by atoms with van der Waals surface area (Å²) < 4.78 is 2.92. The van der Waals surface area contributed by atoms with Crippen LogP contribution in [-0.4, -0.2) is 31.4 Å². The second kappa shape index (κ2) is 10.2. The highest BCUT2D eigenvalue weighted by atomic mass is 16.2. The summed E-state index contributed by atoms with van der Waals surface area (Å²) in [6.45, 7) is 8.92. The number of fused-ring (bicyclic) bond motifs is 1. The fraction of sp³-hybridized carbons (Fsp3) is 0.435. The number of aromatic nitrogens is 4. The predicted molar refractivity (Wildman–Crippen MR) is 122 cm³/mol. The van der Waals surface area contributed by atoms with Crippen molar-refractivity contribution in [2.24, 2.45) is 0 Å². The molecule has 2 amide bonds. The van der Waals surface area contributed by atoms with Crippen LogP contribution in [0.2, 0.25) is 0 Å². The van der Waals surface area contributed by atoms with Crippen LogP contribution >= 0.6 is 0 Å². The molecule has 2 aromatic heterocycles. The number of nitrogens with zero attached hydrogens (tertiary/aromatic N) is 4. The first-order chi connectivity index (χ1) is 15.4. The van der Waals surface area contributed by atoms with Crippen LogP contribution in [0.5, 0.6) is 0 Å². The van der Waals surface area contributed by atoms with Crippen LogP contribution in [0.15, 0.2) is 35.1 Å². The first-order valence-electron chi connectivity index (χ1n) is 11.1. The topological polar surface area (TPSA) is 111 Å². The van der Waals surface area contributed by atoms with Gasteiger partial charge in [-0.15, -0.1) is 0 Å². The zero-order valence-corrected chi connectivity index (χ0v) is 19.0. The molecule has 0 aliphatic heterocycles. The van der Waals surface area contributed by atoms with Gasteiger partial charge in [0.2, 0.25) is 0 Å². The summed E-state index contributed by atoms with van der Waals surface area (Å²) in [6, 6.07) is 8.57. The Bertz CT molecular complexity index is 1180. The van der Waals surface area contributed by atoms with Gasteiger partial charge in [0.1, 0.15) is 5.69 Å². The first kappa shape index (κ1) is 23.2. The van der Waals surface area contributed by atoms with Crippen LogP contribution in [0, 0.1) is 0 Å². The molecule has 0 spiro atoms. The summed E-state index contributed by atoms with van der Waals surface area (Å²) in [5.74, 6) is -0.890. The molecule has 0 aliphatic carbocycles. The molecule has 2 heterocycles. The van der Waals surface area contributed by atoms with E-state index in [0.29, 0.717) is 29.6 Å². The molecule has 9 nitrogen and oxygen atoms in total. The van der Waals surface area contributed by atoms with E-state index >= 15 is 0 Å². The molecular formula is C23H30N6O3. The van der Waals surface area contributed by atoms with Crippen LogP contribution in [0.3, 0.4) is 0 Å². The molecule has 9 heteroatoms. The standard InChI is InChI=1S/C23H30N6O3/c1-5-7-10-13-29-23(32)17-12-9-8-11-16(17)20(27-29)22(31)25-24-21(30)19-14-18(15(3)4)26-28(19)6-2/h8-9,11-12,14-15H,5-7,10,13H2,1-4H3,(H,24,30)(H,25,31). The molecule has 0 fully saturated rings. The van der Waals surface area contributed by atoms with E-state index in [2.05, 4.69) is 28.0 Å². The summed E-state index contributed by atoms with van der Waals surface area (Å²) >= 11 is 0. The number of nitrogens with one attached hydrogen (secondary N) is 2. The molecule has 3 rings (SSSR count). The molecule has 0 atom stereocenters. The lowest BCUT2D eigenvalue weighted by Crippen LogP contribution is -2.43. The highest BCUT2D eigenvalue weighted by Gasteiger charge is 2.20. The van der Waals surface area contributed by atoms with Crippen LogP contribution < -0.4 is 16.4 Å². The Kier molecular flexibility index (Phi) is 7.40. The monoisotopic (exact) mass is 438 g/mol. The maximum absolute atomic E-state index is 12.9. The van der Waals surface area contributed by atoms with Crippen LogP contribution in [0.1, 0.15) is 79.5 Å². The van der Waals surface area contributed by atoms with Gasteiger partial charge in [-0.05, 0) is 31.4 Å². The Hall–Kier alpha value is -3.49. The molecule has 0 unspecified atom stereocenters. The zero-order chi connectivity index (χ0) is 23.3. The number of hydrogen-bond donors (Lipinski definition) is 2. The minimum absolute atomic E-state index is 0.0869. The van der Waals surface area contributed by atoms with Crippen molar-refractivity contribution < 1.29 is 9.59 Å². The van der Waals surface area contributed by atoms with E-state index in [4.69, 9.17) is 0 Å². The van der Waals surface area contributed by atoms with Gasteiger partial charge in [0, 0.05) is 18.5 Å². The highest BCUT2D eigenvalue weighted by molar-refractivity contribution is 6.05. The third-order valence-corrected chi connectivity index (χ3v) is 5.27. The highest BCUT2D eigenvalue weighted by Crippen LogP contribution is 2.15. The van der Waals surface area contributed by atoms with Crippen LogP contribution in [0.4, 0.5) is 0 Å². The van der Waals surface area contributed by atoms with E-state index in [9.17, 15) is 14.4 Å². The fourth-order valence-electron chi connectivity index (χ4n) is 3.45. The van der Waals surface area contributed by atoms with E-state index in [1.165, 1.54) is 4.68 Å². The molecular weight excluding hydrogens is 408 g/mol. The minimum atomic E-state index is -0.592. The quantitative estimate of drug-likeness (QED) is 0.415. The van der Waals surface area contributed by atoms with Gasteiger partial charge in [-0.2, -0.15) is 10.2 Å². The van der Waals surface area contributed by atoms with Crippen molar-refractivity contribution in [2.45, 2.75) is 66.0 Å². The number of hydrogen-bond acceptors (Lipinski definition) is 5. The molecule has 3 aromatic rings. The maximum Gasteiger partial charge on any atom is 0.290 e. The normalized spacial score (nSPS) is 11.2. The van der Waals surface area contributed by atoms with Crippen LogP contribution in [-0.2, 0) is 13.1 Å². The van der Waals surface area contributed by atoms with Gasteiger partial charge < -0.3 is 0 Å². The lowest BCUT2D eigenvalue weighted by atomic mass is 10.1. The van der Waals surface area contributed by atoms with Gasteiger partial charge >= 0.3 is 0 Å². The van der Waals surface area contributed by atoms with Crippen molar-refractivity contribution in [3.8, 4) is 0 Å². The Morgan fingerprint density at radius 3 is 2.31 bits per heavy atom. The smallest absolute Gasteiger partial charge is 0.267 e. The summed E-state index contributed by atoms with van der Waals surface area (Å²) in [7, 11) is 0. The van der Waals surface area contributed by atoms with E-state index in [-0.39, 0.29) is 17.2 Å². The fourth-order valence-corrected chi connectivity index (χ4v) is 3.45. The third kappa shape index (κ3) is 4.87. The second-order valence-electron chi connectivity index (χ2n) is 7.96. The molecule has 0 saturated heterocycles. The molecule has 0 radical (unpaired) electrons. The summed E-state index contributed by atoms with van der Waals surface area (Å²) in [4.78, 5) is 38.4. The van der Waals surface area contributed by atoms with Crippen molar-refractivity contribution in [3.63, 3.8) is 0 Å². The lowest BCUT2D eigenvalue weighted by Gasteiger charge is -2.12. The Labute approximate surface area is 186 Å². The van der Waals surface area contributed by atoms with Gasteiger partial charge in [-0.25, -0.2) is 4.68 Å². The number of unbranched alkanes of at least 4 members (excludes halogenated alkanes) is 2. The van der Waals surface area contributed by atoms with E-state index in [0.717, 1.165) is 25.0 Å². The van der Waals surface area contributed by atoms with Crippen molar-refractivity contribution in [3.05, 3.63) is 57.8 Å². The minimum Gasteiger partial charge on any atom is -0.267 e. The van der Waals surface area contributed by atoms with Gasteiger partial charge in [-0.1, -0.05) is 51.8 Å². The number of carbonyl (C=O) groups excluding carboxylic acids is 2. The third-order valence-electron chi connectivity index (χ3n) is 5.27. The van der Waals surface area contributed by atoms with Crippen molar-refractivity contribution in [1.82, 2.24) is 30.4 Å². The summed E-state index contributed by atoms with van der Waals surface area (Å²) in [5.41, 5.74) is 5.90. The predicted octanol–water partition coefficient (Wildman–Crippen LogP) is 3.00. The number of aryl methyl sites for hydroxylation is 2. The van der Waals surface area contributed by atoms with Gasteiger partial charge in [-0.3, -0.25) is 29.9 Å². The summed E-state index contributed by atoms with van der Waals surface area (Å²) in [5, 5.41) is 9.59. The van der Waals surface area contributed by atoms with Gasteiger partial charge in [0.05, 0.1) is 11.1 Å². The van der Waals surface area contributed by atoms with Gasteiger partial charge in [0.25, 0.3) is 17.4 Å². The van der Waals surface area contributed by atoms with E-state index < -0.39 is 11.8 Å². The van der Waals surface area contributed by atoms with E-state index in [1.54, 1.807) is 35.0 Å². The average molecular weight is 439 g/mol. The SMILES string of the molecule is CCCCCn1nc(C(=O)NNC(=O)c2cc(C(C)C)nn2CC)c2ccccc2c1=O. The summed E-state index contributed by atoms with van der Waals surface area (Å²) in [6.07, 6.45) is 2.76. The molecule has 0 saturated carbocycles. The second-order valence-corrected chi connectivity index (χ2v) is 7.96. The molecule has 1 aromatic carbocycles. The molecule has 0 aliphatic rings. The lowest BCUT2D eigenvalue weighted by molar-refractivity contribution is 0.0837. The molecule has 0 bridgehead atoms. The molecule has 2 N–H and O–H groups in total. The number of hydrazine groups is 1. The number of amides is 2. The van der Waals surface area contributed by atoms with Crippen molar-refractivity contribution >= 4 is 22.6 Å². The molecule has 32 heavy (non-hydrogen) atoms. The Morgan fingerprint density at radius 1 is 0.969 bits per heavy atom.